The SMILES string of the molecule is CN(Cc1cc(C(F)(F)F)cc(C(F)(F)F)c1)C(=O)C(c1ccccc1)c1ccccc1. The number of likely N-dealkylation sites (N-methyl/N-ethyl adjacent to an activating group) is 1. The minimum atomic E-state index is -4.95. The van der Waals surface area contributed by atoms with E-state index in [-0.39, 0.29) is 11.6 Å². The van der Waals surface area contributed by atoms with Gasteiger partial charge in [0, 0.05) is 13.6 Å². The molecule has 0 aliphatic rings. The smallest absolute Gasteiger partial charge is 0.341 e. The molecule has 0 aromatic heterocycles. The van der Waals surface area contributed by atoms with Crippen molar-refractivity contribution in [3.05, 3.63) is 107 Å². The number of nitrogens with zero attached hydrogens (tertiary/aromatic N) is 1. The van der Waals surface area contributed by atoms with Crippen molar-refractivity contribution in [3.63, 3.8) is 0 Å². The predicted octanol–water partition coefficient (Wildman–Crippen LogP) is 6.51. The van der Waals surface area contributed by atoms with Gasteiger partial charge in [-0.1, -0.05) is 60.7 Å². The van der Waals surface area contributed by atoms with Crippen molar-refractivity contribution < 1.29 is 31.1 Å². The van der Waals surface area contributed by atoms with E-state index in [0.717, 1.165) is 4.90 Å². The van der Waals surface area contributed by atoms with Crippen LogP contribution in [0.5, 0.6) is 0 Å². The van der Waals surface area contributed by atoms with E-state index in [4.69, 9.17) is 0 Å². The van der Waals surface area contributed by atoms with Crippen molar-refractivity contribution in [1.82, 2.24) is 4.90 Å². The molecule has 0 fully saturated rings. The number of carbonyl (C=O) groups is 1. The van der Waals surface area contributed by atoms with Crippen LogP contribution >= 0.6 is 0 Å². The summed E-state index contributed by atoms with van der Waals surface area (Å²) in [5.41, 5.74) is -1.76. The molecular weight excluding hydrogens is 432 g/mol. The molecule has 0 bridgehead atoms. The lowest BCUT2D eigenvalue weighted by atomic mass is 9.90. The molecule has 0 spiro atoms. The van der Waals surface area contributed by atoms with E-state index in [1.807, 2.05) is 0 Å². The lowest BCUT2D eigenvalue weighted by molar-refractivity contribution is -0.143. The fourth-order valence-electron chi connectivity index (χ4n) is 3.45. The molecule has 0 unspecified atom stereocenters. The molecule has 168 valence electrons. The van der Waals surface area contributed by atoms with Crippen LogP contribution in [0.15, 0.2) is 78.9 Å². The molecule has 2 nitrogen and oxygen atoms in total. The summed E-state index contributed by atoms with van der Waals surface area (Å²) in [5, 5.41) is 0. The average Bonchev–Trinajstić information content (AvgIpc) is 2.74. The van der Waals surface area contributed by atoms with Gasteiger partial charge in [0.25, 0.3) is 0 Å². The van der Waals surface area contributed by atoms with E-state index in [9.17, 15) is 31.1 Å². The summed E-state index contributed by atoms with van der Waals surface area (Å²) < 4.78 is 78.9. The molecule has 0 N–H and O–H groups in total. The monoisotopic (exact) mass is 451 g/mol. The van der Waals surface area contributed by atoms with Gasteiger partial charge < -0.3 is 4.90 Å². The van der Waals surface area contributed by atoms with Gasteiger partial charge in [0.15, 0.2) is 0 Å². The molecule has 0 aliphatic carbocycles. The molecule has 3 aromatic rings. The van der Waals surface area contributed by atoms with Gasteiger partial charge in [0.05, 0.1) is 17.0 Å². The summed E-state index contributed by atoms with van der Waals surface area (Å²) in [4.78, 5) is 14.4. The first kappa shape index (κ1) is 23.4. The summed E-state index contributed by atoms with van der Waals surface area (Å²) in [6.07, 6.45) is -9.90. The van der Waals surface area contributed by atoms with Gasteiger partial charge >= 0.3 is 12.4 Å². The van der Waals surface area contributed by atoms with Crippen molar-refractivity contribution in [3.8, 4) is 0 Å². The van der Waals surface area contributed by atoms with Crippen molar-refractivity contribution in [2.24, 2.45) is 0 Å². The summed E-state index contributed by atoms with van der Waals surface area (Å²) in [6.45, 7) is -0.415. The molecule has 3 aromatic carbocycles. The second-order valence-electron chi connectivity index (χ2n) is 7.36. The Morgan fingerprint density at radius 2 is 1.16 bits per heavy atom. The normalized spacial score (nSPS) is 12.1. The average molecular weight is 451 g/mol. The maximum atomic E-state index is 13.3. The van der Waals surface area contributed by atoms with Crippen LogP contribution in [0.3, 0.4) is 0 Å². The Labute approximate surface area is 181 Å². The second-order valence-corrected chi connectivity index (χ2v) is 7.36. The molecule has 32 heavy (non-hydrogen) atoms. The molecule has 1 amide bonds. The van der Waals surface area contributed by atoms with E-state index >= 15 is 0 Å². The Morgan fingerprint density at radius 1 is 0.750 bits per heavy atom. The van der Waals surface area contributed by atoms with Crippen LogP contribution in [0, 0.1) is 0 Å². The first-order chi connectivity index (χ1) is 15.0. The molecule has 0 atom stereocenters. The molecule has 0 heterocycles. The number of alkyl halides is 6. The van der Waals surface area contributed by atoms with Crippen molar-refractivity contribution >= 4 is 5.91 Å². The van der Waals surface area contributed by atoms with Crippen LogP contribution in [0.25, 0.3) is 0 Å². The van der Waals surface area contributed by atoms with Crippen molar-refractivity contribution in [1.29, 1.82) is 0 Å². The van der Waals surface area contributed by atoms with Crippen molar-refractivity contribution in [2.45, 2.75) is 24.8 Å². The highest BCUT2D eigenvalue weighted by molar-refractivity contribution is 5.87. The summed E-state index contributed by atoms with van der Waals surface area (Å²) >= 11 is 0. The lowest BCUT2D eigenvalue weighted by Crippen LogP contribution is -2.32. The molecule has 0 saturated carbocycles. The number of carbonyl (C=O) groups excluding carboxylic acids is 1. The Balaban J connectivity index is 1.96. The third kappa shape index (κ3) is 5.49. The van der Waals surface area contributed by atoms with Crippen molar-refractivity contribution in [2.75, 3.05) is 7.05 Å². The van der Waals surface area contributed by atoms with Crippen LogP contribution in [0.4, 0.5) is 26.3 Å². The summed E-state index contributed by atoms with van der Waals surface area (Å²) in [6, 6.07) is 18.9. The Hall–Kier alpha value is -3.29. The molecule has 0 saturated heterocycles. The number of hydrogen-bond acceptors (Lipinski definition) is 1. The maximum absolute atomic E-state index is 13.3. The Bertz CT molecular complexity index is 990. The van der Waals surface area contributed by atoms with E-state index in [0.29, 0.717) is 23.3 Å². The van der Waals surface area contributed by atoms with E-state index in [2.05, 4.69) is 0 Å². The quantitative estimate of drug-likeness (QED) is 0.405. The number of halogens is 6. The van der Waals surface area contributed by atoms with Gasteiger partial charge in [0.2, 0.25) is 5.91 Å². The number of benzene rings is 3. The highest BCUT2D eigenvalue weighted by Gasteiger charge is 2.37. The fraction of sp³-hybridized carbons (Fsp3) is 0.208. The third-order valence-electron chi connectivity index (χ3n) is 4.96. The topological polar surface area (TPSA) is 20.3 Å². The predicted molar refractivity (Wildman–Crippen MR) is 108 cm³/mol. The van der Waals surface area contributed by atoms with Gasteiger partial charge in [-0.2, -0.15) is 26.3 Å². The van der Waals surface area contributed by atoms with E-state index in [1.165, 1.54) is 7.05 Å². The van der Waals surface area contributed by atoms with Gasteiger partial charge in [-0.25, -0.2) is 0 Å². The molecule has 3 rings (SSSR count). The summed E-state index contributed by atoms with van der Waals surface area (Å²) in [5.74, 6) is -1.20. The van der Waals surface area contributed by atoms with Gasteiger partial charge in [-0.05, 0) is 34.9 Å². The van der Waals surface area contributed by atoms with E-state index < -0.39 is 41.8 Å². The van der Waals surface area contributed by atoms with Crippen LogP contribution in [0.1, 0.15) is 33.7 Å². The van der Waals surface area contributed by atoms with Crippen LogP contribution in [0.2, 0.25) is 0 Å². The van der Waals surface area contributed by atoms with Crippen LogP contribution in [-0.4, -0.2) is 17.9 Å². The standard InChI is InChI=1S/C24H19F6NO/c1-31(15-16-12-19(23(25,26)27)14-20(13-16)24(28,29)30)22(32)21(17-8-4-2-5-9-17)18-10-6-3-7-11-18/h2-14,21H,15H2,1H3. The molecule has 0 radical (unpaired) electrons. The molecule has 0 aliphatic heterocycles. The van der Waals surface area contributed by atoms with Crippen LogP contribution < -0.4 is 0 Å². The zero-order valence-electron chi connectivity index (χ0n) is 16.9. The van der Waals surface area contributed by atoms with Gasteiger partial charge in [-0.3, -0.25) is 4.79 Å². The van der Waals surface area contributed by atoms with Gasteiger partial charge in [0.1, 0.15) is 0 Å². The highest BCUT2D eigenvalue weighted by atomic mass is 19.4. The first-order valence-electron chi connectivity index (χ1n) is 9.60. The third-order valence-corrected chi connectivity index (χ3v) is 4.96. The minimum Gasteiger partial charge on any atom is -0.341 e. The molecular formula is C24H19F6NO. The zero-order valence-corrected chi connectivity index (χ0v) is 16.9. The Morgan fingerprint density at radius 3 is 1.53 bits per heavy atom. The zero-order chi connectivity index (χ0) is 23.5. The summed E-state index contributed by atoms with van der Waals surface area (Å²) in [7, 11) is 1.36. The lowest BCUT2D eigenvalue weighted by Gasteiger charge is -2.25. The van der Waals surface area contributed by atoms with E-state index in [1.54, 1.807) is 60.7 Å². The maximum Gasteiger partial charge on any atom is 0.416 e. The molecule has 8 heteroatoms. The largest absolute Gasteiger partial charge is 0.416 e. The van der Waals surface area contributed by atoms with Gasteiger partial charge in [-0.15, -0.1) is 0 Å². The highest BCUT2D eigenvalue weighted by Crippen LogP contribution is 2.37. The Kier molecular flexibility index (Phi) is 6.62. The minimum absolute atomic E-state index is 0.0715. The second kappa shape index (κ2) is 9.06. The number of rotatable bonds is 5. The first-order valence-corrected chi connectivity index (χ1v) is 9.60. The fourth-order valence-corrected chi connectivity index (χ4v) is 3.45. The van der Waals surface area contributed by atoms with Crippen LogP contribution in [-0.2, 0) is 23.7 Å². The number of hydrogen-bond donors (Lipinski definition) is 0. The number of amides is 1.